The molecule has 0 saturated heterocycles. The number of hydrogen-bond donors (Lipinski definition) is 2. The summed E-state index contributed by atoms with van der Waals surface area (Å²) in [6, 6.07) is 0. The van der Waals surface area contributed by atoms with E-state index in [1.54, 1.807) is 13.8 Å². The molecule has 0 aliphatic carbocycles. The van der Waals surface area contributed by atoms with Crippen LogP contribution >= 0.6 is 11.3 Å². The van der Waals surface area contributed by atoms with Crippen LogP contribution in [-0.2, 0) is 20.9 Å². The number of thiazole rings is 1. The Balaban J connectivity index is 2.30. The van der Waals surface area contributed by atoms with E-state index < -0.39 is 23.6 Å². The first-order chi connectivity index (χ1) is 15.9. The molecule has 0 fully saturated rings. The Hall–Kier alpha value is -1.83. The summed E-state index contributed by atoms with van der Waals surface area (Å²) in [7, 11) is 0. The minimum atomic E-state index is -1.11. The van der Waals surface area contributed by atoms with Gasteiger partial charge in [0.1, 0.15) is 16.9 Å². The molecule has 1 unspecified atom stereocenters. The summed E-state index contributed by atoms with van der Waals surface area (Å²) in [6.07, 6.45) is 6.69. The molecule has 0 radical (unpaired) electrons. The molecule has 0 spiro atoms. The maximum Gasteiger partial charge on any atom is 0.309 e. The summed E-state index contributed by atoms with van der Waals surface area (Å²) in [5.74, 6) is -0.261. The van der Waals surface area contributed by atoms with E-state index in [0.29, 0.717) is 18.9 Å². The molecule has 190 valence electrons. The molecule has 2 heterocycles. The Kier molecular flexibility index (Phi) is 10.7. The van der Waals surface area contributed by atoms with Gasteiger partial charge in [0, 0.05) is 24.3 Å². The number of esters is 1. The number of aliphatic hydroxyl groups excluding tert-OH is 1. The standard InChI is InChI=1S/C27H42N2O4S/c1-17-8-7-9-18(2)12-20(4)26(32)27(5,6)23(30)14-25(31)33-22(11-10-17)19(3)13-21-16-34-24(15-28)29-21/h10,13,16,18,20,22-23,30H,7-9,11-12,14-15,28H2,1-6H3/b17-10-,19-13+/t18-,20?,22-,23-/m0/s1. The van der Waals surface area contributed by atoms with Crippen LogP contribution in [0.1, 0.15) is 90.8 Å². The molecule has 0 saturated carbocycles. The van der Waals surface area contributed by atoms with Crippen molar-refractivity contribution in [1.29, 1.82) is 0 Å². The Morgan fingerprint density at radius 3 is 2.71 bits per heavy atom. The van der Waals surface area contributed by atoms with Crippen LogP contribution in [0.15, 0.2) is 22.6 Å². The van der Waals surface area contributed by atoms with Crippen LogP contribution in [0.5, 0.6) is 0 Å². The SMILES string of the molecule is C/C1=C/C[C@@H](/C(C)=C/c2csc(CN)n2)OC(=O)C[C@H](O)C(C)(C)C(=O)C(C)C[C@@H](C)CCC1. The fourth-order valence-corrected chi connectivity index (χ4v) is 5.16. The lowest BCUT2D eigenvalue weighted by molar-refractivity contribution is -0.153. The van der Waals surface area contributed by atoms with Gasteiger partial charge in [-0.3, -0.25) is 9.59 Å². The van der Waals surface area contributed by atoms with Crippen molar-refractivity contribution >= 4 is 29.2 Å². The van der Waals surface area contributed by atoms with Gasteiger partial charge in [-0.2, -0.15) is 0 Å². The summed E-state index contributed by atoms with van der Waals surface area (Å²) < 4.78 is 5.84. The largest absolute Gasteiger partial charge is 0.457 e. The minimum absolute atomic E-state index is 0.00492. The fraction of sp³-hybridized carbons (Fsp3) is 0.667. The monoisotopic (exact) mass is 490 g/mol. The molecule has 0 amide bonds. The van der Waals surface area contributed by atoms with Crippen molar-refractivity contribution in [1.82, 2.24) is 4.98 Å². The number of rotatable bonds is 3. The molecule has 7 heteroatoms. The third-order valence-corrected chi connectivity index (χ3v) is 7.77. The summed E-state index contributed by atoms with van der Waals surface area (Å²) in [5.41, 5.74) is 7.58. The molecule has 0 bridgehead atoms. The predicted molar refractivity (Wildman–Crippen MR) is 138 cm³/mol. The van der Waals surface area contributed by atoms with Crippen molar-refractivity contribution in [3.63, 3.8) is 0 Å². The average molecular weight is 491 g/mol. The number of cyclic esters (lactones) is 1. The van der Waals surface area contributed by atoms with Gasteiger partial charge in [-0.15, -0.1) is 11.3 Å². The Morgan fingerprint density at radius 2 is 2.06 bits per heavy atom. The molecule has 1 aliphatic rings. The molecule has 3 N–H and O–H groups in total. The molecular formula is C27H42N2O4S. The van der Waals surface area contributed by atoms with E-state index in [2.05, 4.69) is 24.9 Å². The van der Waals surface area contributed by atoms with Gasteiger partial charge in [-0.25, -0.2) is 4.98 Å². The van der Waals surface area contributed by atoms with Crippen LogP contribution in [0.25, 0.3) is 6.08 Å². The highest BCUT2D eigenvalue weighted by Crippen LogP contribution is 2.32. The average Bonchev–Trinajstić information content (AvgIpc) is 3.22. The van der Waals surface area contributed by atoms with Crippen molar-refractivity contribution < 1.29 is 19.4 Å². The molecule has 0 aromatic carbocycles. The van der Waals surface area contributed by atoms with Crippen molar-refractivity contribution in [3.05, 3.63) is 33.3 Å². The first-order valence-electron chi connectivity index (χ1n) is 12.3. The minimum Gasteiger partial charge on any atom is -0.457 e. The zero-order chi connectivity index (χ0) is 25.5. The Bertz CT molecular complexity index is 902. The van der Waals surface area contributed by atoms with E-state index in [-0.39, 0.29) is 18.1 Å². The molecule has 1 aromatic heterocycles. The van der Waals surface area contributed by atoms with Crippen molar-refractivity contribution in [2.45, 2.75) is 98.8 Å². The third kappa shape index (κ3) is 8.14. The van der Waals surface area contributed by atoms with E-state index >= 15 is 0 Å². The highest BCUT2D eigenvalue weighted by atomic mass is 32.1. The fourth-order valence-electron chi connectivity index (χ4n) is 4.53. The van der Waals surface area contributed by atoms with E-state index in [9.17, 15) is 14.7 Å². The second-order valence-electron chi connectivity index (χ2n) is 10.5. The lowest BCUT2D eigenvalue weighted by Gasteiger charge is -2.32. The maximum absolute atomic E-state index is 13.1. The van der Waals surface area contributed by atoms with E-state index in [4.69, 9.17) is 10.5 Å². The van der Waals surface area contributed by atoms with E-state index in [1.807, 2.05) is 25.3 Å². The zero-order valence-corrected chi connectivity index (χ0v) is 22.4. The summed E-state index contributed by atoms with van der Waals surface area (Å²) in [4.78, 5) is 30.5. The van der Waals surface area contributed by atoms with Crippen LogP contribution in [-0.4, -0.2) is 34.1 Å². The maximum atomic E-state index is 13.1. The Morgan fingerprint density at radius 1 is 1.35 bits per heavy atom. The summed E-state index contributed by atoms with van der Waals surface area (Å²) in [6.45, 7) is 12.0. The number of ketones is 1. The number of nitrogens with zero attached hydrogens (tertiary/aromatic N) is 1. The highest BCUT2D eigenvalue weighted by molar-refractivity contribution is 7.09. The van der Waals surface area contributed by atoms with Gasteiger partial charge in [0.05, 0.1) is 23.6 Å². The smallest absolute Gasteiger partial charge is 0.309 e. The third-order valence-electron chi connectivity index (χ3n) is 6.88. The molecule has 4 atom stereocenters. The predicted octanol–water partition coefficient (Wildman–Crippen LogP) is 5.45. The number of aliphatic hydroxyl groups is 1. The van der Waals surface area contributed by atoms with Crippen molar-refractivity contribution in [2.75, 3.05) is 0 Å². The van der Waals surface area contributed by atoms with Gasteiger partial charge in [0.25, 0.3) is 0 Å². The first kappa shape index (κ1) is 28.4. The number of ether oxygens (including phenoxy) is 1. The zero-order valence-electron chi connectivity index (χ0n) is 21.6. The van der Waals surface area contributed by atoms with Gasteiger partial charge in [0.2, 0.25) is 0 Å². The second-order valence-corrected chi connectivity index (χ2v) is 11.4. The number of nitrogens with two attached hydrogens (primary N) is 1. The Labute approximate surface area is 208 Å². The van der Waals surface area contributed by atoms with Gasteiger partial charge < -0.3 is 15.6 Å². The molecule has 34 heavy (non-hydrogen) atoms. The molecular weight excluding hydrogens is 448 g/mol. The number of Topliss-reactive ketones (excluding diaryl/α,β-unsaturated/α-hetero) is 1. The van der Waals surface area contributed by atoms with E-state index in [0.717, 1.165) is 42.0 Å². The molecule has 1 aliphatic heterocycles. The molecule has 2 rings (SSSR count). The number of allylic oxidation sites excluding steroid dienone is 1. The quantitative estimate of drug-likeness (QED) is 0.432. The number of carbonyl (C=O) groups excluding carboxylic acids is 2. The molecule has 6 nitrogen and oxygen atoms in total. The van der Waals surface area contributed by atoms with Crippen molar-refractivity contribution in [2.24, 2.45) is 23.0 Å². The number of aromatic nitrogens is 1. The lowest BCUT2D eigenvalue weighted by atomic mass is 9.74. The number of carbonyl (C=O) groups is 2. The van der Waals surface area contributed by atoms with Crippen LogP contribution in [0.2, 0.25) is 0 Å². The van der Waals surface area contributed by atoms with Crippen LogP contribution in [0.3, 0.4) is 0 Å². The highest BCUT2D eigenvalue weighted by Gasteiger charge is 2.39. The second kappa shape index (κ2) is 12.8. The van der Waals surface area contributed by atoms with Gasteiger partial charge in [-0.05, 0) is 50.7 Å². The van der Waals surface area contributed by atoms with Gasteiger partial charge >= 0.3 is 5.97 Å². The topological polar surface area (TPSA) is 103 Å². The van der Waals surface area contributed by atoms with Crippen molar-refractivity contribution in [3.8, 4) is 0 Å². The van der Waals surface area contributed by atoms with Crippen LogP contribution in [0.4, 0.5) is 0 Å². The van der Waals surface area contributed by atoms with Crippen LogP contribution < -0.4 is 5.73 Å². The summed E-state index contributed by atoms with van der Waals surface area (Å²) in [5, 5.41) is 13.6. The molecule has 1 aromatic rings. The summed E-state index contributed by atoms with van der Waals surface area (Å²) >= 11 is 1.50. The van der Waals surface area contributed by atoms with Crippen LogP contribution in [0, 0.1) is 17.3 Å². The normalized spacial score (nSPS) is 29.9. The first-order valence-corrected chi connectivity index (χ1v) is 13.2. The van der Waals surface area contributed by atoms with Gasteiger partial charge in [-0.1, -0.05) is 45.8 Å². The lowest BCUT2D eigenvalue weighted by Crippen LogP contribution is -2.42. The van der Waals surface area contributed by atoms with E-state index in [1.165, 1.54) is 16.9 Å². The van der Waals surface area contributed by atoms with Gasteiger partial charge in [0.15, 0.2) is 0 Å². The number of hydrogen-bond acceptors (Lipinski definition) is 7.